The summed E-state index contributed by atoms with van der Waals surface area (Å²) in [4.78, 5) is 27.9. The number of pyridine rings is 3. The average molecular weight is 404 g/mol. The Hall–Kier alpha value is -3.12. The Kier molecular flexibility index (Phi) is 7.63. The summed E-state index contributed by atoms with van der Waals surface area (Å²) in [6.45, 7) is 9.01. The highest BCUT2D eigenvalue weighted by Crippen LogP contribution is 2.13. The zero-order chi connectivity index (χ0) is 21.3. The third-order valence-electron chi connectivity index (χ3n) is 5.09. The van der Waals surface area contributed by atoms with E-state index >= 15 is 0 Å². The summed E-state index contributed by atoms with van der Waals surface area (Å²) >= 11 is 0. The molecular formula is C24H29N5O. The lowest BCUT2D eigenvalue weighted by Gasteiger charge is -2.23. The van der Waals surface area contributed by atoms with Gasteiger partial charge in [-0.1, -0.05) is 12.1 Å². The standard InChI is InChI=1S/C24H29N5O/c1-18-7-4-11-25-22(18)16-29(17-23-19(2)8-5-12-26-23)14-6-13-27-24(30)21-10-9-20(3)28-15-21/h4-5,7-12,15H,6,13-14,16-17H2,1-3H3,(H,27,30). The van der Waals surface area contributed by atoms with Gasteiger partial charge in [0, 0.05) is 50.5 Å². The van der Waals surface area contributed by atoms with Gasteiger partial charge in [-0.05, 0) is 62.6 Å². The third kappa shape index (κ3) is 6.19. The van der Waals surface area contributed by atoms with Crippen molar-refractivity contribution in [2.24, 2.45) is 0 Å². The molecule has 0 atom stereocenters. The Morgan fingerprint density at radius 1 is 0.900 bits per heavy atom. The summed E-state index contributed by atoms with van der Waals surface area (Å²) < 4.78 is 0. The molecule has 156 valence electrons. The Labute approximate surface area is 178 Å². The first kappa shape index (κ1) is 21.6. The number of aryl methyl sites for hydroxylation is 3. The fourth-order valence-corrected chi connectivity index (χ4v) is 3.21. The highest BCUT2D eigenvalue weighted by atomic mass is 16.1. The molecule has 1 N–H and O–H groups in total. The van der Waals surface area contributed by atoms with Gasteiger partial charge in [-0.15, -0.1) is 0 Å². The van der Waals surface area contributed by atoms with Crippen LogP contribution in [-0.4, -0.2) is 38.8 Å². The van der Waals surface area contributed by atoms with Crippen molar-refractivity contribution in [3.63, 3.8) is 0 Å². The van der Waals surface area contributed by atoms with Crippen LogP contribution in [0.2, 0.25) is 0 Å². The lowest BCUT2D eigenvalue weighted by Crippen LogP contribution is -2.30. The van der Waals surface area contributed by atoms with Crippen molar-refractivity contribution in [3.8, 4) is 0 Å². The summed E-state index contributed by atoms with van der Waals surface area (Å²) in [5.74, 6) is -0.0878. The van der Waals surface area contributed by atoms with Crippen LogP contribution >= 0.6 is 0 Å². The molecule has 0 aliphatic rings. The summed E-state index contributed by atoms with van der Waals surface area (Å²) in [5, 5.41) is 2.99. The maximum absolute atomic E-state index is 12.3. The van der Waals surface area contributed by atoms with Gasteiger partial charge in [0.2, 0.25) is 0 Å². The van der Waals surface area contributed by atoms with Crippen molar-refractivity contribution in [2.45, 2.75) is 40.3 Å². The van der Waals surface area contributed by atoms with E-state index in [1.165, 1.54) is 11.1 Å². The first-order valence-electron chi connectivity index (χ1n) is 10.3. The van der Waals surface area contributed by atoms with Gasteiger partial charge >= 0.3 is 0 Å². The van der Waals surface area contributed by atoms with Gasteiger partial charge in [0.25, 0.3) is 5.91 Å². The predicted molar refractivity (Wildman–Crippen MR) is 118 cm³/mol. The van der Waals surface area contributed by atoms with Gasteiger partial charge in [-0.25, -0.2) is 0 Å². The maximum Gasteiger partial charge on any atom is 0.252 e. The molecule has 0 aliphatic carbocycles. The van der Waals surface area contributed by atoms with Gasteiger partial charge in [0.1, 0.15) is 0 Å². The molecule has 0 bridgehead atoms. The van der Waals surface area contributed by atoms with Gasteiger partial charge < -0.3 is 5.32 Å². The van der Waals surface area contributed by atoms with E-state index in [1.807, 2.05) is 37.5 Å². The Balaban J connectivity index is 1.59. The van der Waals surface area contributed by atoms with Crippen LogP contribution in [0.25, 0.3) is 0 Å². The molecular weight excluding hydrogens is 374 g/mol. The number of amides is 1. The van der Waals surface area contributed by atoms with Crippen LogP contribution in [0.1, 0.15) is 45.0 Å². The predicted octanol–water partition coefficient (Wildman–Crippen LogP) is 3.62. The molecule has 0 aromatic carbocycles. The number of aromatic nitrogens is 3. The largest absolute Gasteiger partial charge is 0.352 e. The Morgan fingerprint density at radius 2 is 1.53 bits per heavy atom. The molecule has 30 heavy (non-hydrogen) atoms. The molecule has 0 radical (unpaired) electrons. The van der Waals surface area contributed by atoms with Crippen molar-refractivity contribution in [1.29, 1.82) is 0 Å². The van der Waals surface area contributed by atoms with Gasteiger partial charge in [0.05, 0.1) is 17.0 Å². The molecule has 6 heteroatoms. The van der Waals surface area contributed by atoms with Crippen LogP contribution in [-0.2, 0) is 13.1 Å². The summed E-state index contributed by atoms with van der Waals surface area (Å²) in [6, 6.07) is 11.7. The van der Waals surface area contributed by atoms with Crippen LogP contribution in [0.5, 0.6) is 0 Å². The molecule has 1 amide bonds. The normalized spacial score (nSPS) is 10.9. The van der Waals surface area contributed by atoms with Crippen molar-refractivity contribution < 1.29 is 4.79 Å². The molecule has 0 saturated carbocycles. The minimum absolute atomic E-state index is 0.0878. The van der Waals surface area contributed by atoms with Gasteiger partial charge in [0.15, 0.2) is 0 Å². The van der Waals surface area contributed by atoms with Gasteiger partial charge in [-0.3, -0.25) is 24.6 Å². The van der Waals surface area contributed by atoms with E-state index < -0.39 is 0 Å². The number of hydrogen-bond acceptors (Lipinski definition) is 5. The Bertz CT molecular complexity index is 924. The second-order valence-electron chi connectivity index (χ2n) is 7.54. The molecule has 3 aromatic rings. The average Bonchev–Trinajstić information content (AvgIpc) is 2.74. The van der Waals surface area contributed by atoms with E-state index in [2.05, 4.69) is 51.1 Å². The number of carbonyl (C=O) groups excluding carboxylic acids is 1. The van der Waals surface area contributed by atoms with E-state index in [-0.39, 0.29) is 5.91 Å². The SMILES string of the molecule is Cc1ccc(C(=O)NCCCN(Cc2ncccc2C)Cc2ncccc2C)cn1. The number of rotatable bonds is 9. The molecule has 0 fully saturated rings. The van der Waals surface area contributed by atoms with Gasteiger partial charge in [-0.2, -0.15) is 0 Å². The second kappa shape index (κ2) is 10.6. The van der Waals surface area contributed by atoms with Crippen LogP contribution in [0.15, 0.2) is 55.0 Å². The minimum Gasteiger partial charge on any atom is -0.352 e. The van der Waals surface area contributed by atoms with Crippen LogP contribution < -0.4 is 5.32 Å². The third-order valence-corrected chi connectivity index (χ3v) is 5.09. The zero-order valence-electron chi connectivity index (χ0n) is 17.9. The van der Waals surface area contributed by atoms with E-state index in [0.717, 1.165) is 43.1 Å². The Morgan fingerprint density at radius 3 is 2.07 bits per heavy atom. The zero-order valence-corrected chi connectivity index (χ0v) is 17.9. The second-order valence-corrected chi connectivity index (χ2v) is 7.54. The molecule has 0 aliphatic heterocycles. The van der Waals surface area contributed by atoms with E-state index in [0.29, 0.717) is 12.1 Å². The van der Waals surface area contributed by atoms with Crippen molar-refractivity contribution in [3.05, 3.63) is 88.8 Å². The molecule has 3 aromatic heterocycles. The number of nitrogens with zero attached hydrogens (tertiary/aromatic N) is 4. The van der Waals surface area contributed by atoms with Crippen LogP contribution in [0, 0.1) is 20.8 Å². The fourth-order valence-electron chi connectivity index (χ4n) is 3.21. The fraction of sp³-hybridized carbons (Fsp3) is 0.333. The van der Waals surface area contributed by atoms with E-state index in [9.17, 15) is 4.79 Å². The summed E-state index contributed by atoms with van der Waals surface area (Å²) in [6.07, 6.45) is 6.12. The maximum atomic E-state index is 12.3. The van der Waals surface area contributed by atoms with Crippen LogP contribution in [0.4, 0.5) is 0 Å². The molecule has 0 unspecified atom stereocenters. The lowest BCUT2D eigenvalue weighted by molar-refractivity contribution is 0.0950. The summed E-state index contributed by atoms with van der Waals surface area (Å²) in [7, 11) is 0. The lowest BCUT2D eigenvalue weighted by atomic mass is 10.1. The molecule has 3 heterocycles. The van der Waals surface area contributed by atoms with E-state index in [1.54, 1.807) is 12.3 Å². The molecule has 6 nitrogen and oxygen atoms in total. The first-order valence-corrected chi connectivity index (χ1v) is 10.3. The van der Waals surface area contributed by atoms with E-state index in [4.69, 9.17) is 0 Å². The summed E-state index contributed by atoms with van der Waals surface area (Å²) in [5.41, 5.74) is 5.99. The highest BCUT2D eigenvalue weighted by Gasteiger charge is 2.12. The quantitative estimate of drug-likeness (QED) is 0.553. The highest BCUT2D eigenvalue weighted by molar-refractivity contribution is 5.93. The first-order chi connectivity index (χ1) is 14.5. The monoisotopic (exact) mass is 403 g/mol. The minimum atomic E-state index is -0.0878. The van der Waals surface area contributed by atoms with Crippen molar-refractivity contribution >= 4 is 5.91 Å². The number of hydrogen-bond donors (Lipinski definition) is 1. The molecule has 3 rings (SSSR count). The topological polar surface area (TPSA) is 71.0 Å². The molecule has 0 spiro atoms. The number of carbonyl (C=O) groups is 1. The van der Waals surface area contributed by atoms with Crippen LogP contribution in [0.3, 0.4) is 0 Å². The number of nitrogens with one attached hydrogen (secondary N) is 1. The van der Waals surface area contributed by atoms with Crippen molar-refractivity contribution in [2.75, 3.05) is 13.1 Å². The molecule has 0 saturated heterocycles. The smallest absolute Gasteiger partial charge is 0.252 e. The van der Waals surface area contributed by atoms with Crippen molar-refractivity contribution in [1.82, 2.24) is 25.2 Å².